The zero-order valence-electron chi connectivity index (χ0n) is 13.2. The van der Waals surface area contributed by atoms with Gasteiger partial charge >= 0.3 is 0 Å². The molecule has 1 rings (SSSR count). The Morgan fingerprint density at radius 1 is 0.857 bits per heavy atom. The van der Waals surface area contributed by atoms with Crippen molar-refractivity contribution in [1.29, 1.82) is 0 Å². The summed E-state index contributed by atoms with van der Waals surface area (Å²) >= 11 is 0. The molecule has 0 aromatic heterocycles. The molecule has 1 aromatic carbocycles. The Hall–Kier alpha value is -0.930. The zero-order chi connectivity index (χ0) is 15.6. The summed E-state index contributed by atoms with van der Waals surface area (Å²) in [5.74, 6) is -0.292. The fourth-order valence-electron chi connectivity index (χ4n) is 2.76. The molecule has 1 aromatic rings. The van der Waals surface area contributed by atoms with Crippen molar-refractivity contribution in [2.45, 2.75) is 63.7 Å². The molecule has 0 spiro atoms. The molecule has 120 valence electrons. The van der Waals surface area contributed by atoms with Crippen LogP contribution in [0.2, 0.25) is 0 Å². The van der Waals surface area contributed by atoms with Gasteiger partial charge in [0.25, 0.3) is 0 Å². The summed E-state index contributed by atoms with van der Waals surface area (Å²) in [6, 6.07) is 6.12. The van der Waals surface area contributed by atoms with Crippen LogP contribution in [-0.4, -0.2) is 23.4 Å². The molecular formula is C18H29FO2. The van der Waals surface area contributed by atoms with Crippen molar-refractivity contribution in [3.05, 3.63) is 35.6 Å². The molecular weight excluding hydrogens is 267 g/mol. The van der Waals surface area contributed by atoms with Crippen molar-refractivity contribution in [2.75, 3.05) is 13.2 Å². The number of halogens is 1. The summed E-state index contributed by atoms with van der Waals surface area (Å²) in [6.45, 7) is 2.00. The lowest BCUT2D eigenvalue weighted by atomic mass is 9.77. The molecule has 0 aliphatic heterocycles. The number of hydrogen-bond acceptors (Lipinski definition) is 2. The van der Waals surface area contributed by atoms with E-state index in [9.17, 15) is 14.6 Å². The number of hydrogen-bond donors (Lipinski definition) is 2. The van der Waals surface area contributed by atoms with Crippen molar-refractivity contribution in [3.8, 4) is 0 Å². The van der Waals surface area contributed by atoms with Gasteiger partial charge in [-0.15, -0.1) is 0 Å². The van der Waals surface area contributed by atoms with Gasteiger partial charge < -0.3 is 10.2 Å². The fraction of sp³-hybridized carbons (Fsp3) is 0.667. The summed E-state index contributed by atoms with van der Waals surface area (Å²) in [5.41, 5.74) is 0.178. The molecule has 0 bridgehead atoms. The van der Waals surface area contributed by atoms with E-state index in [4.69, 9.17) is 0 Å². The van der Waals surface area contributed by atoms with Crippen LogP contribution < -0.4 is 0 Å². The quantitative estimate of drug-likeness (QED) is 0.601. The highest BCUT2D eigenvalue weighted by Gasteiger charge is 2.30. The molecule has 0 fully saturated rings. The van der Waals surface area contributed by atoms with Gasteiger partial charge in [0, 0.05) is 5.41 Å². The largest absolute Gasteiger partial charge is 0.395 e. The van der Waals surface area contributed by atoms with Crippen molar-refractivity contribution in [3.63, 3.8) is 0 Å². The number of rotatable bonds is 11. The smallest absolute Gasteiger partial charge is 0.123 e. The van der Waals surface area contributed by atoms with Crippen LogP contribution >= 0.6 is 0 Å². The Morgan fingerprint density at radius 2 is 1.38 bits per heavy atom. The van der Waals surface area contributed by atoms with Crippen LogP contribution in [-0.2, 0) is 5.41 Å². The Balaban J connectivity index is 2.47. The first-order chi connectivity index (χ1) is 10.2. The molecule has 3 heteroatoms. The normalized spacial score (nSPS) is 11.8. The number of aliphatic hydroxyl groups is 2. The van der Waals surface area contributed by atoms with E-state index >= 15 is 0 Å². The van der Waals surface area contributed by atoms with Crippen molar-refractivity contribution < 1.29 is 14.6 Å². The van der Waals surface area contributed by atoms with Gasteiger partial charge in [-0.25, -0.2) is 4.39 Å². The van der Waals surface area contributed by atoms with Crippen LogP contribution in [0.25, 0.3) is 0 Å². The van der Waals surface area contributed by atoms with Crippen LogP contribution in [0.5, 0.6) is 0 Å². The molecule has 2 nitrogen and oxygen atoms in total. The minimum atomic E-state index is -0.642. The standard InChI is InChI=1S/C18H29FO2/c1-2-3-4-5-6-7-8-13-18(14-20,15-21)16-9-11-17(19)12-10-16/h9-12,20-21H,2-8,13-15H2,1H3. The lowest BCUT2D eigenvalue weighted by molar-refractivity contribution is 0.107. The van der Waals surface area contributed by atoms with E-state index in [0.29, 0.717) is 0 Å². The molecule has 0 atom stereocenters. The Kier molecular flexibility index (Phi) is 8.55. The SMILES string of the molecule is CCCCCCCCCC(CO)(CO)c1ccc(F)cc1. The highest BCUT2D eigenvalue weighted by atomic mass is 19.1. The Morgan fingerprint density at radius 3 is 1.90 bits per heavy atom. The van der Waals surface area contributed by atoms with Gasteiger partial charge in [0.05, 0.1) is 13.2 Å². The van der Waals surface area contributed by atoms with Crippen LogP contribution in [0, 0.1) is 5.82 Å². The monoisotopic (exact) mass is 296 g/mol. The van der Waals surface area contributed by atoms with Gasteiger partial charge in [-0.2, -0.15) is 0 Å². The maximum absolute atomic E-state index is 13.0. The van der Waals surface area contributed by atoms with Gasteiger partial charge in [-0.05, 0) is 24.1 Å². The number of aliphatic hydroxyl groups excluding tert-OH is 2. The molecule has 0 heterocycles. The minimum Gasteiger partial charge on any atom is -0.395 e. The van der Waals surface area contributed by atoms with E-state index in [0.717, 1.165) is 24.8 Å². The average Bonchev–Trinajstić information content (AvgIpc) is 2.52. The highest BCUT2D eigenvalue weighted by Crippen LogP contribution is 2.30. The first-order valence-electron chi connectivity index (χ1n) is 8.16. The minimum absolute atomic E-state index is 0.106. The zero-order valence-corrected chi connectivity index (χ0v) is 13.2. The highest BCUT2D eigenvalue weighted by molar-refractivity contribution is 5.26. The van der Waals surface area contributed by atoms with Gasteiger partial charge in [0.2, 0.25) is 0 Å². The lowest BCUT2D eigenvalue weighted by Crippen LogP contribution is -2.34. The Bertz CT molecular complexity index is 371. The predicted molar refractivity (Wildman–Crippen MR) is 84.9 cm³/mol. The first-order valence-corrected chi connectivity index (χ1v) is 8.16. The summed E-state index contributed by atoms with van der Waals surface area (Å²) in [6.07, 6.45) is 9.14. The third-order valence-corrected chi connectivity index (χ3v) is 4.32. The lowest BCUT2D eigenvalue weighted by Gasteiger charge is -2.30. The fourth-order valence-corrected chi connectivity index (χ4v) is 2.76. The van der Waals surface area contributed by atoms with Crippen LogP contribution in [0.3, 0.4) is 0 Å². The maximum Gasteiger partial charge on any atom is 0.123 e. The molecule has 0 aliphatic rings. The van der Waals surface area contributed by atoms with E-state index in [1.165, 1.54) is 44.2 Å². The van der Waals surface area contributed by atoms with Gasteiger partial charge in [0.15, 0.2) is 0 Å². The second-order valence-corrected chi connectivity index (χ2v) is 5.97. The molecule has 21 heavy (non-hydrogen) atoms. The molecule has 2 N–H and O–H groups in total. The number of benzene rings is 1. The molecule has 0 unspecified atom stereocenters. The van der Waals surface area contributed by atoms with E-state index < -0.39 is 5.41 Å². The van der Waals surface area contributed by atoms with Crippen LogP contribution in [0.4, 0.5) is 4.39 Å². The molecule has 0 radical (unpaired) electrons. The van der Waals surface area contributed by atoms with E-state index in [1.54, 1.807) is 12.1 Å². The van der Waals surface area contributed by atoms with Gasteiger partial charge in [-0.1, -0.05) is 64.0 Å². The second-order valence-electron chi connectivity index (χ2n) is 5.97. The molecule has 0 aliphatic carbocycles. The first kappa shape index (κ1) is 18.1. The summed E-state index contributed by atoms with van der Waals surface area (Å²) in [4.78, 5) is 0. The predicted octanol–water partition coefficient (Wildman–Crippen LogP) is 4.19. The van der Waals surface area contributed by atoms with E-state index in [-0.39, 0.29) is 19.0 Å². The van der Waals surface area contributed by atoms with E-state index in [1.807, 2.05) is 0 Å². The van der Waals surface area contributed by atoms with Gasteiger partial charge in [0.1, 0.15) is 5.82 Å². The van der Waals surface area contributed by atoms with Crippen molar-refractivity contribution in [1.82, 2.24) is 0 Å². The third-order valence-electron chi connectivity index (χ3n) is 4.32. The topological polar surface area (TPSA) is 40.5 Å². The molecule has 0 amide bonds. The molecule has 0 saturated carbocycles. The maximum atomic E-state index is 13.0. The second kappa shape index (κ2) is 9.91. The summed E-state index contributed by atoms with van der Waals surface area (Å²) in [5, 5.41) is 19.4. The number of unbranched alkanes of at least 4 members (excludes halogenated alkanes) is 6. The summed E-state index contributed by atoms with van der Waals surface area (Å²) in [7, 11) is 0. The van der Waals surface area contributed by atoms with Crippen LogP contribution in [0.15, 0.2) is 24.3 Å². The van der Waals surface area contributed by atoms with Crippen LogP contribution in [0.1, 0.15) is 63.9 Å². The van der Waals surface area contributed by atoms with Crippen molar-refractivity contribution in [2.24, 2.45) is 0 Å². The Labute approximate surface area is 128 Å². The van der Waals surface area contributed by atoms with Gasteiger partial charge in [-0.3, -0.25) is 0 Å². The summed E-state index contributed by atoms with van der Waals surface area (Å²) < 4.78 is 13.0. The van der Waals surface area contributed by atoms with E-state index in [2.05, 4.69) is 6.92 Å². The average molecular weight is 296 g/mol. The molecule has 0 saturated heterocycles. The third kappa shape index (κ3) is 5.76. The van der Waals surface area contributed by atoms with Crippen molar-refractivity contribution >= 4 is 0 Å².